The lowest BCUT2D eigenvalue weighted by Crippen LogP contribution is -2.45. The molecule has 2 N–H and O–H groups in total. The lowest BCUT2D eigenvalue weighted by atomic mass is 9.78. The fourth-order valence-corrected chi connectivity index (χ4v) is 5.44. The smallest absolute Gasteiger partial charge is 0.326 e. The van der Waals surface area contributed by atoms with Gasteiger partial charge in [0.25, 0.3) is 5.91 Å². The second-order valence-corrected chi connectivity index (χ2v) is 9.66. The van der Waals surface area contributed by atoms with Crippen molar-refractivity contribution in [3.63, 3.8) is 0 Å². The number of ether oxygens (including phenoxy) is 2. The maximum atomic E-state index is 13.4. The molecule has 0 unspecified atom stereocenters. The molecule has 0 spiro atoms. The van der Waals surface area contributed by atoms with Gasteiger partial charge in [0.1, 0.15) is 0 Å². The number of likely N-dealkylation sites (tertiary alicyclic amines) is 1. The number of benzene rings is 1. The molecule has 3 heterocycles. The van der Waals surface area contributed by atoms with Crippen LogP contribution in [0, 0.1) is 17.8 Å². The van der Waals surface area contributed by atoms with Crippen LogP contribution in [0.4, 0.5) is 0 Å². The number of aliphatic hydroxyl groups is 1. The summed E-state index contributed by atoms with van der Waals surface area (Å²) in [6.07, 6.45) is 4.37. The quantitative estimate of drug-likeness (QED) is 0.615. The molecule has 1 saturated heterocycles. The number of para-hydroxylation sites is 2. The summed E-state index contributed by atoms with van der Waals surface area (Å²) in [4.78, 5) is 30.8. The van der Waals surface area contributed by atoms with Crippen molar-refractivity contribution in [3.8, 4) is 0 Å². The maximum absolute atomic E-state index is 13.4. The van der Waals surface area contributed by atoms with Gasteiger partial charge in [0.2, 0.25) is 6.29 Å². The molecular weight excluding hydrogens is 434 g/mol. The van der Waals surface area contributed by atoms with Gasteiger partial charge in [0.15, 0.2) is 5.76 Å². The third-order valence-electron chi connectivity index (χ3n) is 7.18. The Morgan fingerprint density at radius 1 is 1.26 bits per heavy atom. The predicted molar refractivity (Wildman–Crippen MR) is 130 cm³/mol. The van der Waals surface area contributed by atoms with Gasteiger partial charge in [0.05, 0.1) is 11.0 Å². The van der Waals surface area contributed by atoms with Crippen LogP contribution < -0.4 is 5.69 Å². The molecule has 8 nitrogen and oxygen atoms in total. The first kappa shape index (κ1) is 24.5. The molecule has 1 fully saturated rings. The summed E-state index contributed by atoms with van der Waals surface area (Å²) in [6, 6.07) is 7.77. The zero-order chi connectivity index (χ0) is 24.2. The Hall–Kier alpha value is -2.58. The van der Waals surface area contributed by atoms with Crippen molar-refractivity contribution < 1.29 is 19.4 Å². The molecule has 0 saturated carbocycles. The number of aliphatic hydroxyl groups excluding tert-OH is 1. The number of aromatic amines is 1. The predicted octanol–water partition coefficient (Wildman–Crippen LogP) is 3.43. The van der Waals surface area contributed by atoms with Gasteiger partial charge >= 0.3 is 5.69 Å². The van der Waals surface area contributed by atoms with Crippen molar-refractivity contribution in [2.45, 2.75) is 58.8 Å². The molecule has 0 radical (unpaired) electrons. The number of fused-ring (bicyclic) bond motifs is 1. The van der Waals surface area contributed by atoms with E-state index >= 15 is 0 Å². The van der Waals surface area contributed by atoms with Crippen LogP contribution >= 0.6 is 0 Å². The highest BCUT2D eigenvalue weighted by atomic mass is 16.7. The van der Waals surface area contributed by atoms with E-state index in [0.717, 1.165) is 17.5 Å². The largest absolute Gasteiger partial charge is 0.459 e. The van der Waals surface area contributed by atoms with Crippen molar-refractivity contribution in [2.75, 3.05) is 26.3 Å². The Kier molecular flexibility index (Phi) is 7.78. The number of allylic oxidation sites excluding steroid dienone is 1. The van der Waals surface area contributed by atoms with Gasteiger partial charge in [-0.1, -0.05) is 26.0 Å². The van der Waals surface area contributed by atoms with Gasteiger partial charge in [-0.05, 0) is 62.7 Å². The van der Waals surface area contributed by atoms with Crippen LogP contribution in [0.25, 0.3) is 11.0 Å². The van der Waals surface area contributed by atoms with Crippen LogP contribution in [0.3, 0.4) is 0 Å². The second kappa shape index (κ2) is 10.8. The lowest BCUT2D eigenvalue weighted by molar-refractivity contribution is -0.178. The monoisotopic (exact) mass is 471 g/mol. The zero-order valence-electron chi connectivity index (χ0n) is 20.4. The maximum Gasteiger partial charge on any atom is 0.326 e. The van der Waals surface area contributed by atoms with Crippen molar-refractivity contribution in [1.29, 1.82) is 0 Å². The topological polar surface area (TPSA) is 96.8 Å². The highest BCUT2D eigenvalue weighted by Crippen LogP contribution is 2.38. The number of carbonyl (C=O) groups is 1. The van der Waals surface area contributed by atoms with Crippen LogP contribution in [-0.2, 0) is 14.3 Å². The zero-order valence-corrected chi connectivity index (χ0v) is 20.4. The number of aromatic nitrogens is 2. The normalized spacial score (nSPS) is 23.9. The second-order valence-electron chi connectivity index (χ2n) is 9.66. The van der Waals surface area contributed by atoms with E-state index < -0.39 is 6.29 Å². The van der Waals surface area contributed by atoms with Gasteiger partial charge in [-0.3, -0.25) is 9.36 Å². The molecule has 1 aromatic carbocycles. The summed E-state index contributed by atoms with van der Waals surface area (Å²) in [5.41, 5.74) is 1.64. The lowest BCUT2D eigenvalue weighted by Gasteiger charge is -2.40. The van der Waals surface area contributed by atoms with Crippen molar-refractivity contribution in [1.82, 2.24) is 14.5 Å². The average Bonchev–Trinajstić information content (AvgIpc) is 3.18. The van der Waals surface area contributed by atoms with Gasteiger partial charge in [0, 0.05) is 38.3 Å². The molecule has 1 amide bonds. The van der Waals surface area contributed by atoms with E-state index in [4.69, 9.17) is 9.47 Å². The standard InChI is InChI=1S/C26H37N3O5/c1-4-33-25-19(8-7-15-30)20(17(2)3)16-23(34-25)24(31)28-13-11-18(12-14-28)29-22-10-6-5-9-21(22)27-26(29)32/h5-6,9-10,16-20,25,30H,4,7-8,11-15H2,1-3H3,(H,27,32)/t19-,20+,25+/m0/s1. The number of carbonyl (C=O) groups excluding carboxylic acids is 1. The highest BCUT2D eigenvalue weighted by Gasteiger charge is 2.39. The van der Waals surface area contributed by atoms with Crippen LogP contribution in [0.5, 0.6) is 0 Å². The molecule has 2 aromatic rings. The molecule has 8 heteroatoms. The number of nitrogens with one attached hydrogen (secondary N) is 1. The number of nitrogens with zero attached hydrogens (tertiary/aromatic N) is 2. The Balaban J connectivity index is 1.48. The molecule has 2 aliphatic rings. The minimum atomic E-state index is -0.491. The van der Waals surface area contributed by atoms with Crippen LogP contribution in [0.2, 0.25) is 0 Å². The summed E-state index contributed by atoms with van der Waals surface area (Å²) >= 11 is 0. The molecule has 1 aromatic heterocycles. The van der Waals surface area contributed by atoms with E-state index in [2.05, 4.69) is 18.8 Å². The van der Waals surface area contributed by atoms with Crippen molar-refractivity contribution >= 4 is 16.9 Å². The number of piperidine rings is 1. The minimum Gasteiger partial charge on any atom is -0.459 e. The number of rotatable bonds is 8. The van der Waals surface area contributed by atoms with Gasteiger partial charge in [-0.25, -0.2) is 4.79 Å². The van der Waals surface area contributed by atoms with Crippen molar-refractivity contribution in [2.24, 2.45) is 17.8 Å². The Morgan fingerprint density at radius 2 is 2.00 bits per heavy atom. The molecule has 34 heavy (non-hydrogen) atoms. The molecule has 186 valence electrons. The summed E-state index contributed by atoms with van der Waals surface area (Å²) in [5.74, 6) is 0.805. The SMILES string of the molecule is CCO[C@@H]1OC(C(=O)N2CCC(n3c(=O)[nH]c4ccccc43)CC2)=C[C@H](C(C)C)[C@@H]1CCCO. The fraction of sp³-hybridized carbons (Fsp3) is 0.615. The molecular formula is C26H37N3O5. The Bertz CT molecular complexity index is 1060. The molecule has 3 atom stereocenters. The van der Waals surface area contributed by atoms with E-state index in [0.29, 0.717) is 50.6 Å². The average molecular weight is 472 g/mol. The fourth-order valence-electron chi connectivity index (χ4n) is 5.44. The third kappa shape index (κ3) is 4.93. The minimum absolute atomic E-state index is 0.0522. The van der Waals surface area contributed by atoms with Crippen LogP contribution in [-0.4, -0.2) is 58.1 Å². The summed E-state index contributed by atoms with van der Waals surface area (Å²) in [6.45, 7) is 7.98. The molecule has 0 aliphatic carbocycles. The first-order valence-corrected chi connectivity index (χ1v) is 12.5. The summed E-state index contributed by atoms with van der Waals surface area (Å²) in [5, 5.41) is 9.33. The van der Waals surface area contributed by atoms with E-state index in [1.165, 1.54) is 0 Å². The van der Waals surface area contributed by atoms with Gasteiger partial charge in [-0.15, -0.1) is 0 Å². The van der Waals surface area contributed by atoms with Crippen molar-refractivity contribution in [3.05, 3.63) is 46.6 Å². The first-order chi connectivity index (χ1) is 16.4. The van der Waals surface area contributed by atoms with E-state index in [1.807, 2.05) is 46.7 Å². The van der Waals surface area contributed by atoms with E-state index in [9.17, 15) is 14.7 Å². The van der Waals surface area contributed by atoms with Crippen LogP contribution in [0.1, 0.15) is 52.5 Å². The number of hydrogen-bond acceptors (Lipinski definition) is 5. The van der Waals surface area contributed by atoms with Crippen LogP contribution in [0.15, 0.2) is 40.9 Å². The van der Waals surface area contributed by atoms with E-state index in [-0.39, 0.29) is 36.1 Å². The Labute approximate surface area is 200 Å². The number of hydrogen-bond donors (Lipinski definition) is 2. The van der Waals surface area contributed by atoms with Gasteiger partial charge < -0.3 is 24.5 Å². The molecule has 2 aliphatic heterocycles. The molecule has 4 rings (SSSR count). The number of amides is 1. The first-order valence-electron chi connectivity index (χ1n) is 12.5. The van der Waals surface area contributed by atoms with E-state index in [1.54, 1.807) is 0 Å². The summed E-state index contributed by atoms with van der Waals surface area (Å²) in [7, 11) is 0. The number of H-pyrrole nitrogens is 1. The van der Waals surface area contributed by atoms with Gasteiger partial charge in [-0.2, -0.15) is 0 Å². The molecule has 0 bridgehead atoms. The summed E-state index contributed by atoms with van der Waals surface area (Å²) < 4.78 is 13.8. The number of imidazole rings is 1. The third-order valence-corrected chi connectivity index (χ3v) is 7.18. The Morgan fingerprint density at radius 3 is 2.68 bits per heavy atom. The highest BCUT2D eigenvalue weighted by molar-refractivity contribution is 5.91.